The number of rotatable bonds is 5. The molecule has 1 N–H and O–H groups in total. The van der Waals surface area contributed by atoms with Gasteiger partial charge in [0.2, 0.25) is 0 Å². The maximum absolute atomic E-state index is 11.4. The number of morpholine rings is 1. The molecule has 0 radical (unpaired) electrons. The predicted molar refractivity (Wildman–Crippen MR) is 124 cm³/mol. The number of hydrogen-bond acceptors (Lipinski definition) is 4. The van der Waals surface area contributed by atoms with Crippen LogP contribution in [0.15, 0.2) is 53.5 Å². The van der Waals surface area contributed by atoms with Crippen molar-refractivity contribution in [2.24, 2.45) is 4.99 Å². The third-order valence-corrected chi connectivity index (χ3v) is 5.82. The highest BCUT2D eigenvalue weighted by molar-refractivity contribution is 6.33. The Labute approximate surface area is 186 Å². The number of anilines is 1. The lowest BCUT2D eigenvalue weighted by molar-refractivity contribution is 0.0697. The highest BCUT2D eigenvalue weighted by Crippen LogP contribution is 2.25. The fourth-order valence-electron chi connectivity index (χ4n) is 3.85. The number of carboxylic acid groups (broad SMARTS) is 1. The summed E-state index contributed by atoms with van der Waals surface area (Å²) in [5.74, 6) is -1.04. The molecule has 0 bridgehead atoms. The number of ether oxygens (including phenoxy) is 1. The highest BCUT2D eigenvalue weighted by atomic mass is 35.5. The van der Waals surface area contributed by atoms with Gasteiger partial charge in [-0.05, 0) is 62.4 Å². The van der Waals surface area contributed by atoms with E-state index in [1.165, 1.54) is 5.69 Å². The summed E-state index contributed by atoms with van der Waals surface area (Å²) in [6, 6.07) is 15.3. The maximum atomic E-state index is 11.4. The summed E-state index contributed by atoms with van der Waals surface area (Å²) in [6.45, 7) is 7.31. The van der Waals surface area contributed by atoms with Crippen LogP contribution in [0.4, 0.5) is 11.4 Å². The molecule has 1 aliphatic heterocycles. The molecule has 0 aliphatic carbocycles. The van der Waals surface area contributed by atoms with Crippen molar-refractivity contribution in [3.8, 4) is 5.69 Å². The lowest BCUT2D eigenvalue weighted by Crippen LogP contribution is -2.36. The summed E-state index contributed by atoms with van der Waals surface area (Å²) in [7, 11) is 0. The average Bonchev–Trinajstić information content (AvgIpc) is 3.06. The molecule has 6 nitrogen and oxygen atoms in total. The van der Waals surface area contributed by atoms with Crippen molar-refractivity contribution in [1.82, 2.24) is 4.57 Å². The van der Waals surface area contributed by atoms with Gasteiger partial charge in [-0.2, -0.15) is 0 Å². The molecule has 2 aromatic carbocycles. The van der Waals surface area contributed by atoms with Gasteiger partial charge in [0.25, 0.3) is 0 Å². The van der Waals surface area contributed by atoms with E-state index in [-0.39, 0.29) is 10.6 Å². The van der Waals surface area contributed by atoms with Gasteiger partial charge >= 0.3 is 5.97 Å². The van der Waals surface area contributed by atoms with Crippen molar-refractivity contribution in [2.45, 2.75) is 13.8 Å². The molecule has 4 rings (SSSR count). The molecule has 0 atom stereocenters. The van der Waals surface area contributed by atoms with Crippen LogP contribution < -0.4 is 4.90 Å². The number of benzene rings is 2. The Bertz CT molecular complexity index is 1130. The van der Waals surface area contributed by atoms with Crippen molar-refractivity contribution in [2.75, 3.05) is 31.2 Å². The average molecular weight is 438 g/mol. The molecule has 160 valence electrons. The van der Waals surface area contributed by atoms with Crippen molar-refractivity contribution < 1.29 is 14.6 Å². The number of nitrogens with zero attached hydrogens (tertiary/aromatic N) is 3. The molecule has 31 heavy (non-hydrogen) atoms. The Hall–Kier alpha value is -3.09. The minimum atomic E-state index is -1.04. The molecular weight excluding hydrogens is 414 g/mol. The third-order valence-electron chi connectivity index (χ3n) is 5.49. The van der Waals surface area contributed by atoms with Crippen LogP contribution in [-0.4, -0.2) is 48.2 Å². The number of carbonyl (C=O) groups is 1. The number of halogens is 1. The summed E-state index contributed by atoms with van der Waals surface area (Å²) in [5, 5.41) is 9.59. The lowest BCUT2D eigenvalue weighted by atomic mass is 10.2. The van der Waals surface area contributed by atoms with Crippen LogP contribution in [-0.2, 0) is 4.74 Å². The van der Waals surface area contributed by atoms with Crippen LogP contribution >= 0.6 is 11.6 Å². The van der Waals surface area contributed by atoms with Gasteiger partial charge in [-0.1, -0.05) is 11.6 Å². The summed E-state index contributed by atoms with van der Waals surface area (Å²) in [4.78, 5) is 18.4. The van der Waals surface area contributed by atoms with E-state index in [0.717, 1.165) is 54.6 Å². The molecule has 0 spiro atoms. The smallest absolute Gasteiger partial charge is 0.337 e. The second-order valence-corrected chi connectivity index (χ2v) is 7.91. The molecule has 1 aromatic heterocycles. The van der Waals surface area contributed by atoms with Crippen LogP contribution in [0.5, 0.6) is 0 Å². The summed E-state index contributed by atoms with van der Waals surface area (Å²) >= 11 is 6.02. The third kappa shape index (κ3) is 4.50. The topological polar surface area (TPSA) is 67.1 Å². The first kappa shape index (κ1) is 21.2. The molecule has 7 heteroatoms. The first-order chi connectivity index (χ1) is 14.9. The van der Waals surface area contributed by atoms with Gasteiger partial charge in [-0.25, -0.2) is 4.79 Å². The maximum Gasteiger partial charge on any atom is 0.337 e. The van der Waals surface area contributed by atoms with Crippen LogP contribution in [0.25, 0.3) is 5.69 Å². The van der Waals surface area contributed by atoms with Gasteiger partial charge < -0.3 is 19.3 Å². The second kappa shape index (κ2) is 8.96. The summed E-state index contributed by atoms with van der Waals surface area (Å²) in [6.07, 6.45) is 1.84. The van der Waals surface area contributed by atoms with Gasteiger partial charge in [0.15, 0.2) is 0 Å². The highest BCUT2D eigenvalue weighted by Gasteiger charge is 2.14. The molecule has 1 fully saturated rings. The standard InChI is InChI=1S/C24H24ClN3O3/c1-16-13-18(17(2)28(16)21-7-8-23(25)22(14-21)24(29)30)15-26-19-3-5-20(6-4-19)27-9-11-31-12-10-27/h3-8,13-15H,9-12H2,1-2H3,(H,29,30). The quantitative estimate of drug-likeness (QED) is 0.568. The second-order valence-electron chi connectivity index (χ2n) is 7.51. The summed E-state index contributed by atoms with van der Waals surface area (Å²) in [5.41, 5.74) is 5.83. The molecule has 2 heterocycles. The molecule has 1 saturated heterocycles. The summed E-state index contributed by atoms with van der Waals surface area (Å²) < 4.78 is 7.41. The number of aromatic carboxylic acids is 1. The van der Waals surface area contributed by atoms with E-state index < -0.39 is 5.97 Å². The van der Waals surface area contributed by atoms with E-state index in [9.17, 15) is 9.90 Å². The van der Waals surface area contributed by atoms with E-state index in [1.807, 2.05) is 48.9 Å². The van der Waals surface area contributed by atoms with E-state index >= 15 is 0 Å². The van der Waals surface area contributed by atoms with E-state index in [0.29, 0.717) is 0 Å². The predicted octanol–water partition coefficient (Wildman–Crippen LogP) is 5.03. The van der Waals surface area contributed by atoms with Crippen LogP contribution in [0.1, 0.15) is 27.3 Å². The van der Waals surface area contributed by atoms with Crippen molar-refractivity contribution in [3.63, 3.8) is 0 Å². The monoisotopic (exact) mass is 437 g/mol. The van der Waals surface area contributed by atoms with Gasteiger partial charge in [0, 0.05) is 47.6 Å². The Morgan fingerprint density at radius 3 is 2.42 bits per heavy atom. The Balaban J connectivity index is 1.57. The van der Waals surface area contributed by atoms with Crippen LogP contribution in [0.2, 0.25) is 5.02 Å². The number of carboxylic acids is 1. The molecule has 3 aromatic rings. The molecule has 0 unspecified atom stereocenters. The number of aromatic nitrogens is 1. The SMILES string of the molecule is Cc1cc(C=Nc2ccc(N3CCOCC3)cc2)c(C)n1-c1ccc(Cl)c(C(=O)O)c1. The van der Waals surface area contributed by atoms with E-state index in [1.54, 1.807) is 12.1 Å². The lowest BCUT2D eigenvalue weighted by Gasteiger charge is -2.28. The zero-order valence-corrected chi connectivity index (χ0v) is 18.3. The Kier molecular flexibility index (Phi) is 6.11. The van der Waals surface area contributed by atoms with Crippen LogP contribution in [0, 0.1) is 13.8 Å². The molecule has 1 aliphatic rings. The molecular formula is C24H24ClN3O3. The Morgan fingerprint density at radius 1 is 1.06 bits per heavy atom. The Morgan fingerprint density at radius 2 is 1.74 bits per heavy atom. The number of hydrogen-bond donors (Lipinski definition) is 1. The van der Waals surface area contributed by atoms with Crippen molar-refractivity contribution >= 4 is 35.2 Å². The minimum Gasteiger partial charge on any atom is -0.478 e. The molecule has 0 amide bonds. The number of aryl methyl sites for hydroxylation is 1. The fraction of sp³-hybridized carbons (Fsp3) is 0.250. The van der Waals surface area contributed by atoms with Gasteiger partial charge in [0.1, 0.15) is 0 Å². The molecule has 0 saturated carbocycles. The largest absolute Gasteiger partial charge is 0.478 e. The normalized spacial score (nSPS) is 14.4. The zero-order valence-electron chi connectivity index (χ0n) is 17.5. The number of aliphatic imine (C=N–C) groups is 1. The minimum absolute atomic E-state index is 0.0854. The van der Waals surface area contributed by atoms with E-state index in [2.05, 4.69) is 22.0 Å². The van der Waals surface area contributed by atoms with Crippen molar-refractivity contribution in [1.29, 1.82) is 0 Å². The first-order valence-electron chi connectivity index (χ1n) is 10.1. The first-order valence-corrected chi connectivity index (χ1v) is 10.5. The van der Waals surface area contributed by atoms with E-state index in [4.69, 9.17) is 16.3 Å². The van der Waals surface area contributed by atoms with Gasteiger partial charge in [-0.3, -0.25) is 4.99 Å². The van der Waals surface area contributed by atoms with Gasteiger partial charge in [0.05, 0.1) is 29.5 Å². The van der Waals surface area contributed by atoms with Crippen LogP contribution in [0.3, 0.4) is 0 Å². The fourth-order valence-corrected chi connectivity index (χ4v) is 4.05. The van der Waals surface area contributed by atoms with Crippen molar-refractivity contribution in [3.05, 3.63) is 76.1 Å². The van der Waals surface area contributed by atoms with Gasteiger partial charge in [-0.15, -0.1) is 0 Å². The zero-order chi connectivity index (χ0) is 22.0.